The maximum atomic E-state index is 12.8. The predicted octanol–water partition coefficient (Wildman–Crippen LogP) is 4.08. The van der Waals surface area contributed by atoms with E-state index >= 15 is 0 Å². The minimum absolute atomic E-state index is 0.167. The van der Waals surface area contributed by atoms with Gasteiger partial charge in [-0.1, -0.05) is 25.5 Å². The summed E-state index contributed by atoms with van der Waals surface area (Å²) in [5.74, 6) is 1.33. The average Bonchev–Trinajstić information content (AvgIpc) is 3.14. The summed E-state index contributed by atoms with van der Waals surface area (Å²) in [5.41, 5.74) is 2.56. The van der Waals surface area contributed by atoms with Gasteiger partial charge in [0.25, 0.3) is 10.0 Å². The lowest BCUT2D eigenvalue weighted by Gasteiger charge is -2.11. The molecule has 2 heterocycles. The van der Waals surface area contributed by atoms with E-state index in [-0.39, 0.29) is 4.90 Å². The third-order valence-corrected chi connectivity index (χ3v) is 6.13. The van der Waals surface area contributed by atoms with Crippen molar-refractivity contribution < 1.29 is 13.2 Å². The molecule has 31 heavy (non-hydrogen) atoms. The summed E-state index contributed by atoms with van der Waals surface area (Å²) < 4.78 is 35.5. The Bertz CT molecular complexity index is 1300. The molecule has 0 spiro atoms. The minimum atomic E-state index is -3.74. The van der Waals surface area contributed by atoms with E-state index in [0.29, 0.717) is 35.2 Å². The highest BCUT2D eigenvalue weighted by molar-refractivity contribution is 7.92. The van der Waals surface area contributed by atoms with Crippen LogP contribution in [0.5, 0.6) is 5.75 Å². The van der Waals surface area contributed by atoms with E-state index in [4.69, 9.17) is 4.74 Å². The molecule has 0 saturated heterocycles. The number of rotatable bonds is 8. The van der Waals surface area contributed by atoms with Gasteiger partial charge in [-0.15, -0.1) is 10.2 Å². The largest absolute Gasteiger partial charge is 0.494 e. The lowest BCUT2D eigenvalue weighted by molar-refractivity contribution is 0.309. The van der Waals surface area contributed by atoms with Crippen LogP contribution in [0.25, 0.3) is 16.9 Å². The molecule has 4 aromatic rings. The van der Waals surface area contributed by atoms with Gasteiger partial charge < -0.3 is 4.74 Å². The molecule has 0 saturated carbocycles. The number of nitrogens with one attached hydrogen (secondary N) is 1. The van der Waals surface area contributed by atoms with Crippen molar-refractivity contribution in [3.05, 3.63) is 66.5 Å². The van der Waals surface area contributed by atoms with E-state index in [2.05, 4.69) is 26.9 Å². The van der Waals surface area contributed by atoms with E-state index in [0.717, 1.165) is 18.4 Å². The fourth-order valence-electron chi connectivity index (χ4n) is 3.06. The Kier molecular flexibility index (Phi) is 5.85. The van der Waals surface area contributed by atoms with Gasteiger partial charge in [0.2, 0.25) is 0 Å². The third kappa shape index (κ3) is 4.66. The summed E-state index contributed by atoms with van der Waals surface area (Å²) in [5, 5.41) is 12.6. The topological polar surface area (TPSA) is 98.5 Å². The lowest BCUT2D eigenvalue weighted by Crippen LogP contribution is -2.13. The Hall–Kier alpha value is -3.46. The summed E-state index contributed by atoms with van der Waals surface area (Å²) >= 11 is 0. The van der Waals surface area contributed by atoms with E-state index in [1.54, 1.807) is 34.8 Å². The molecule has 0 aliphatic heterocycles. The Balaban J connectivity index is 1.54. The average molecular weight is 438 g/mol. The number of ether oxygens (including phenoxy) is 1. The number of aryl methyl sites for hydroxylation is 1. The Morgan fingerprint density at radius 1 is 1.03 bits per heavy atom. The van der Waals surface area contributed by atoms with Crippen molar-refractivity contribution in [2.24, 2.45) is 0 Å². The number of benzene rings is 2. The molecule has 0 radical (unpaired) electrons. The molecule has 8 nitrogen and oxygen atoms in total. The highest BCUT2D eigenvalue weighted by atomic mass is 32.2. The van der Waals surface area contributed by atoms with Crippen LogP contribution < -0.4 is 9.46 Å². The summed E-state index contributed by atoms with van der Waals surface area (Å²) in [6.07, 6.45) is 1.99. The normalized spacial score (nSPS) is 11.5. The van der Waals surface area contributed by atoms with Crippen molar-refractivity contribution in [2.45, 2.75) is 31.6 Å². The number of hydrogen-bond donors (Lipinski definition) is 1. The van der Waals surface area contributed by atoms with Gasteiger partial charge in [-0.3, -0.25) is 4.72 Å². The number of fused-ring (bicyclic) bond motifs is 1. The zero-order valence-corrected chi connectivity index (χ0v) is 18.1. The summed E-state index contributed by atoms with van der Waals surface area (Å²) in [6.45, 7) is 4.52. The molecule has 2 aromatic carbocycles. The number of anilines is 1. The number of aromatic nitrogens is 4. The smallest absolute Gasteiger partial charge is 0.261 e. The number of unbranched alkanes of at least 4 members (excludes halogenated alkanes) is 1. The highest BCUT2D eigenvalue weighted by Gasteiger charge is 2.15. The van der Waals surface area contributed by atoms with E-state index < -0.39 is 10.0 Å². The fraction of sp³-hybridized carbons (Fsp3) is 0.227. The van der Waals surface area contributed by atoms with Crippen molar-refractivity contribution in [1.82, 2.24) is 19.8 Å². The first kappa shape index (κ1) is 20.8. The molecule has 9 heteroatoms. The SMILES string of the molecule is CCCCOc1ccc(S(=O)(=O)Nc2cccc(-c3ccc4nnc(C)n4n3)c2)cc1. The second kappa shape index (κ2) is 8.73. The summed E-state index contributed by atoms with van der Waals surface area (Å²) in [4.78, 5) is 0.167. The van der Waals surface area contributed by atoms with E-state index in [1.165, 1.54) is 12.1 Å². The Morgan fingerprint density at radius 3 is 2.61 bits per heavy atom. The molecule has 160 valence electrons. The first-order valence-electron chi connectivity index (χ1n) is 10.0. The van der Waals surface area contributed by atoms with E-state index in [9.17, 15) is 8.42 Å². The van der Waals surface area contributed by atoms with Crippen molar-refractivity contribution in [3.63, 3.8) is 0 Å². The zero-order valence-electron chi connectivity index (χ0n) is 17.3. The molecule has 0 aliphatic carbocycles. The van der Waals surface area contributed by atoms with Crippen LogP contribution in [0.2, 0.25) is 0 Å². The molecule has 0 bridgehead atoms. The van der Waals surface area contributed by atoms with Crippen LogP contribution in [0.4, 0.5) is 5.69 Å². The van der Waals surface area contributed by atoms with E-state index in [1.807, 2.05) is 25.1 Å². The van der Waals surface area contributed by atoms with Crippen molar-refractivity contribution in [2.75, 3.05) is 11.3 Å². The lowest BCUT2D eigenvalue weighted by atomic mass is 10.1. The van der Waals surface area contributed by atoms with Gasteiger partial charge in [0, 0.05) is 11.3 Å². The van der Waals surface area contributed by atoms with Crippen LogP contribution in [-0.4, -0.2) is 34.8 Å². The fourth-order valence-corrected chi connectivity index (χ4v) is 4.11. The van der Waals surface area contributed by atoms with Crippen LogP contribution >= 0.6 is 0 Å². The highest BCUT2D eigenvalue weighted by Crippen LogP contribution is 2.24. The minimum Gasteiger partial charge on any atom is -0.494 e. The molecule has 0 aliphatic rings. The molecule has 4 rings (SSSR count). The van der Waals surface area contributed by atoms with Gasteiger partial charge >= 0.3 is 0 Å². The number of sulfonamides is 1. The summed E-state index contributed by atoms with van der Waals surface area (Å²) in [6, 6.07) is 17.2. The molecular formula is C22H23N5O3S. The molecule has 1 N–H and O–H groups in total. The number of nitrogens with zero attached hydrogens (tertiary/aromatic N) is 4. The monoisotopic (exact) mass is 437 g/mol. The summed E-state index contributed by atoms with van der Waals surface area (Å²) in [7, 11) is -3.74. The Morgan fingerprint density at radius 2 is 1.84 bits per heavy atom. The van der Waals surface area contributed by atoms with Crippen LogP contribution in [0.3, 0.4) is 0 Å². The van der Waals surface area contributed by atoms with Crippen LogP contribution in [0, 0.1) is 6.92 Å². The van der Waals surface area contributed by atoms with Crippen molar-refractivity contribution in [1.29, 1.82) is 0 Å². The van der Waals surface area contributed by atoms with Crippen LogP contribution in [0.1, 0.15) is 25.6 Å². The van der Waals surface area contributed by atoms with Gasteiger partial charge in [0.1, 0.15) is 5.75 Å². The second-order valence-electron chi connectivity index (χ2n) is 7.10. The van der Waals surface area contributed by atoms with Gasteiger partial charge in [0.05, 0.1) is 17.2 Å². The zero-order chi connectivity index (χ0) is 21.8. The first-order valence-corrected chi connectivity index (χ1v) is 11.5. The molecule has 0 unspecified atom stereocenters. The molecule has 2 aromatic heterocycles. The molecule has 0 atom stereocenters. The molecule has 0 amide bonds. The van der Waals surface area contributed by atoms with Gasteiger partial charge in [-0.25, -0.2) is 8.42 Å². The van der Waals surface area contributed by atoms with Gasteiger partial charge in [-0.05, 0) is 61.9 Å². The maximum Gasteiger partial charge on any atom is 0.261 e. The van der Waals surface area contributed by atoms with Crippen molar-refractivity contribution >= 4 is 21.4 Å². The van der Waals surface area contributed by atoms with Crippen molar-refractivity contribution in [3.8, 4) is 17.0 Å². The standard InChI is InChI=1S/C22H23N5O3S/c1-3-4-14-30-19-8-10-20(11-9-19)31(28,29)26-18-7-5-6-17(15-18)21-12-13-22-24-23-16(2)27(22)25-21/h5-13,15,26H,3-4,14H2,1-2H3. The molecule has 0 fully saturated rings. The van der Waals surface area contributed by atoms with Gasteiger partial charge in [0.15, 0.2) is 11.5 Å². The van der Waals surface area contributed by atoms with Crippen LogP contribution in [0.15, 0.2) is 65.6 Å². The maximum absolute atomic E-state index is 12.8. The molecular weight excluding hydrogens is 414 g/mol. The first-order chi connectivity index (χ1) is 15.0. The number of hydrogen-bond acceptors (Lipinski definition) is 6. The predicted molar refractivity (Wildman–Crippen MR) is 119 cm³/mol. The third-order valence-electron chi connectivity index (χ3n) is 4.73. The van der Waals surface area contributed by atoms with Crippen LogP contribution in [-0.2, 0) is 10.0 Å². The second-order valence-corrected chi connectivity index (χ2v) is 8.78. The quantitative estimate of drug-likeness (QED) is 0.417. The van der Waals surface area contributed by atoms with Gasteiger partial charge in [-0.2, -0.15) is 9.61 Å². The Labute approximate surface area is 181 Å².